The fourth-order valence-electron chi connectivity index (χ4n) is 1.56. The van der Waals surface area contributed by atoms with E-state index in [0.717, 1.165) is 17.0 Å². The van der Waals surface area contributed by atoms with Crippen LogP contribution in [0.5, 0.6) is 0 Å². The van der Waals surface area contributed by atoms with Gasteiger partial charge in [-0.2, -0.15) is 0 Å². The maximum atomic E-state index is 13.0. The van der Waals surface area contributed by atoms with E-state index in [2.05, 4.69) is 22.0 Å². The van der Waals surface area contributed by atoms with Crippen molar-refractivity contribution in [3.8, 4) is 0 Å². The van der Waals surface area contributed by atoms with Crippen LogP contribution in [0, 0.1) is 5.82 Å². The number of aliphatic imine (C=N–C) groups is 1. The van der Waals surface area contributed by atoms with Gasteiger partial charge in [0.15, 0.2) is 0 Å². The SMILES string of the molecule is C=Nc1cc(F)ccc1SCNCc1cccnc1. The fourth-order valence-corrected chi connectivity index (χ4v) is 2.36. The van der Waals surface area contributed by atoms with Gasteiger partial charge in [0.1, 0.15) is 5.82 Å². The topological polar surface area (TPSA) is 37.3 Å². The Balaban J connectivity index is 1.84. The molecular weight excluding hydrogens is 261 g/mol. The number of hydrogen-bond donors (Lipinski definition) is 1. The van der Waals surface area contributed by atoms with Gasteiger partial charge in [-0.05, 0) is 30.5 Å². The Bertz CT molecular complexity index is 546. The van der Waals surface area contributed by atoms with E-state index in [4.69, 9.17) is 0 Å². The number of nitrogens with zero attached hydrogens (tertiary/aromatic N) is 2. The monoisotopic (exact) mass is 275 g/mol. The summed E-state index contributed by atoms with van der Waals surface area (Å²) in [5.41, 5.74) is 1.71. The molecule has 0 radical (unpaired) electrons. The lowest BCUT2D eigenvalue weighted by Crippen LogP contribution is -2.12. The highest BCUT2D eigenvalue weighted by atomic mass is 32.2. The van der Waals surface area contributed by atoms with Gasteiger partial charge in [0, 0.05) is 35.8 Å². The van der Waals surface area contributed by atoms with E-state index in [1.54, 1.807) is 24.0 Å². The molecule has 98 valence electrons. The van der Waals surface area contributed by atoms with Crippen LogP contribution < -0.4 is 5.32 Å². The quantitative estimate of drug-likeness (QED) is 0.380. The molecule has 0 atom stereocenters. The molecule has 1 aromatic carbocycles. The molecule has 5 heteroatoms. The van der Waals surface area contributed by atoms with Gasteiger partial charge >= 0.3 is 0 Å². The van der Waals surface area contributed by atoms with Crippen LogP contribution in [-0.2, 0) is 6.54 Å². The van der Waals surface area contributed by atoms with Crippen molar-refractivity contribution < 1.29 is 4.39 Å². The van der Waals surface area contributed by atoms with E-state index in [0.29, 0.717) is 11.6 Å². The summed E-state index contributed by atoms with van der Waals surface area (Å²) >= 11 is 1.57. The first-order valence-electron chi connectivity index (χ1n) is 5.78. The molecule has 0 unspecified atom stereocenters. The molecule has 1 heterocycles. The van der Waals surface area contributed by atoms with Crippen LogP contribution in [0.3, 0.4) is 0 Å². The number of thioether (sulfide) groups is 1. The normalized spacial score (nSPS) is 10.4. The first-order valence-corrected chi connectivity index (χ1v) is 6.77. The first-order chi connectivity index (χ1) is 9.29. The number of aromatic nitrogens is 1. The van der Waals surface area contributed by atoms with Crippen molar-refractivity contribution in [3.63, 3.8) is 0 Å². The molecule has 1 N–H and O–H groups in total. The summed E-state index contributed by atoms with van der Waals surface area (Å²) in [6, 6.07) is 8.45. The Kier molecular flexibility index (Phi) is 5.06. The van der Waals surface area contributed by atoms with Crippen LogP contribution in [0.4, 0.5) is 10.1 Å². The van der Waals surface area contributed by atoms with Gasteiger partial charge in [0.2, 0.25) is 0 Å². The minimum Gasteiger partial charge on any atom is -0.303 e. The molecule has 1 aromatic heterocycles. The van der Waals surface area contributed by atoms with Gasteiger partial charge in [0.05, 0.1) is 5.69 Å². The highest BCUT2D eigenvalue weighted by molar-refractivity contribution is 7.99. The smallest absolute Gasteiger partial charge is 0.125 e. The molecule has 0 aliphatic rings. The van der Waals surface area contributed by atoms with Crippen LogP contribution in [0.1, 0.15) is 5.56 Å². The van der Waals surface area contributed by atoms with E-state index in [-0.39, 0.29) is 5.82 Å². The average Bonchev–Trinajstić information content (AvgIpc) is 2.46. The molecule has 0 fully saturated rings. The predicted molar refractivity (Wildman–Crippen MR) is 77.4 cm³/mol. The van der Waals surface area contributed by atoms with Crippen molar-refractivity contribution in [2.45, 2.75) is 11.4 Å². The molecule has 0 amide bonds. The summed E-state index contributed by atoms with van der Waals surface area (Å²) < 4.78 is 13.0. The third-order valence-corrected chi connectivity index (χ3v) is 3.48. The summed E-state index contributed by atoms with van der Waals surface area (Å²) in [6.45, 7) is 4.20. The molecule has 0 aliphatic heterocycles. The summed E-state index contributed by atoms with van der Waals surface area (Å²) in [6.07, 6.45) is 3.57. The number of rotatable bonds is 6. The average molecular weight is 275 g/mol. The van der Waals surface area contributed by atoms with Gasteiger partial charge in [0.25, 0.3) is 0 Å². The highest BCUT2D eigenvalue weighted by Crippen LogP contribution is 2.29. The minimum absolute atomic E-state index is 0.296. The van der Waals surface area contributed by atoms with Gasteiger partial charge in [-0.15, -0.1) is 11.8 Å². The molecule has 2 aromatic rings. The maximum Gasteiger partial charge on any atom is 0.125 e. The Labute approximate surface area is 116 Å². The van der Waals surface area contributed by atoms with Crippen LogP contribution in [0.2, 0.25) is 0 Å². The molecule has 0 bridgehead atoms. The van der Waals surface area contributed by atoms with Crippen LogP contribution in [0.15, 0.2) is 52.6 Å². The molecule has 19 heavy (non-hydrogen) atoms. The molecule has 2 rings (SSSR count). The van der Waals surface area contributed by atoms with Crippen molar-refractivity contribution in [1.29, 1.82) is 0 Å². The van der Waals surface area contributed by atoms with Gasteiger partial charge in [-0.1, -0.05) is 6.07 Å². The molecule has 0 saturated carbocycles. The van der Waals surface area contributed by atoms with Crippen molar-refractivity contribution in [2.75, 3.05) is 5.88 Å². The largest absolute Gasteiger partial charge is 0.303 e. The third kappa shape index (κ3) is 4.15. The lowest BCUT2D eigenvalue weighted by Gasteiger charge is -2.07. The lowest BCUT2D eigenvalue weighted by atomic mass is 10.3. The van der Waals surface area contributed by atoms with Crippen LogP contribution in [0.25, 0.3) is 0 Å². The number of nitrogens with one attached hydrogen (secondary N) is 1. The third-order valence-electron chi connectivity index (χ3n) is 2.47. The summed E-state index contributed by atoms with van der Waals surface area (Å²) in [7, 11) is 0. The second-order valence-electron chi connectivity index (χ2n) is 3.85. The lowest BCUT2D eigenvalue weighted by molar-refractivity contribution is 0.627. The second kappa shape index (κ2) is 7.01. The second-order valence-corrected chi connectivity index (χ2v) is 4.86. The van der Waals surface area contributed by atoms with Crippen molar-refractivity contribution in [3.05, 3.63) is 54.1 Å². The van der Waals surface area contributed by atoms with Crippen LogP contribution >= 0.6 is 11.8 Å². The zero-order chi connectivity index (χ0) is 13.5. The molecule has 0 spiro atoms. The molecule has 0 saturated heterocycles. The Morgan fingerprint density at radius 3 is 3.00 bits per heavy atom. The van der Waals surface area contributed by atoms with E-state index in [1.165, 1.54) is 12.1 Å². The summed E-state index contributed by atoms with van der Waals surface area (Å²) in [5, 5.41) is 3.28. The van der Waals surface area contributed by atoms with E-state index >= 15 is 0 Å². The number of pyridine rings is 1. The standard InChI is InChI=1S/C14H14FN3S/c1-16-13-7-12(15)4-5-14(13)19-10-18-9-11-3-2-6-17-8-11/h2-8,18H,1,9-10H2. The fraction of sp³-hybridized carbons (Fsp3) is 0.143. The molecular formula is C14H14FN3S. The molecule has 0 aliphatic carbocycles. The van der Waals surface area contributed by atoms with Crippen molar-refractivity contribution in [1.82, 2.24) is 10.3 Å². The number of halogens is 1. The van der Waals surface area contributed by atoms with Crippen LogP contribution in [-0.4, -0.2) is 17.6 Å². The van der Waals surface area contributed by atoms with Crippen molar-refractivity contribution >= 4 is 24.2 Å². The Morgan fingerprint density at radius 1 is 1.37 bits per heavy atom. The zero-order valence-corrected chi connectivity index (χ0v) is 11.2. The highest BCUT2D eigenvalue weighted by Gasteiger charge is 2.03. The summed E-state index contributed by atoms with van der Waals surface area (Å²) in [4.78, 5) is 8.78. The van der Waals surface area contributed by atoms with Gasteiger partial charge in [-0.25, -0.2) is 4.39 Å². The Hall–Kier alpha value is -1.72. The first kappa shape index (κ1) is 13.7. The molecule has 3 nitrogen and oxygen atoms in total. The summed E-state index contributed by atoms with van der Waals surface area (Å²) in [5.74, 6) is 0.415. The zero-order valence-electron chi connectivity index (χ0n) is 10.3. The predicted octanol–water partition coefficient (Wildman–Crippen LogP) is 3.39. The maximum absolute atomic E-state index is 13.0. The number of benzene rings is 1. The van der Waals surface area contributed by atoms with E-state index < -0.39 is 0 Å². The van der Waals surface area contributed by atoms with E-state index in [1.807, 2.05) is 18.3 Å². The van der Waals surface area contributed by atoms with Gasteiger partial charge < -0.3 is 5.32 Å². The van der Waals surface area contributed by atoms with Crippen molar-refractivity contribution in [2.24, 2.45) is 4.99 Å². The Morgan fingerprint density at radius 2 is 2.26 bits per heavy atom. The number of hydrogen-bond acceptors (Lipinski definition) is 4. The minimum atomic E-state index is -0.296. The van der Waals surface area contributed by atoms with Gasteiger partial charge in [-0.3, -0.25) is 9.98 Å². The van der Waals surface area contributed by atoms with E-state index in [9.17, 15) is 4.39 Å².